The summed E-state index contributed by atoms with van der Waals surface area (Å²) in [6.07, 6.45) is 7.99. The maximum atomic E-state index is 9.94. The first kappa shape index (κ1) is 12.2. The van der Waals surface area contributed by atoms with E-state index >= 15 is 0 Å². The molecule has 0 aromatic carbocycles. The average Bonchev–Trinajstić information content (AvgIpc) is 2.88. The summed E-state index contributed by atoms with van der Waals surface area (Å²) in [6.45, 7) is 0. The highest BCUT2D eigenvalue weighted by Crippen LogP contribution is 2.30. The number of hydrogen-bond donors (Lipinski definition) is 3. The van der Waals surface area contributed by atoms with Crippen LogP contribution in [0.25, 0.3) is 22.6 Å². The SMILES string of the molecule is C[n+]1ccc(-c2ncc(-c3ccncc3O)[nH]2)c(O)c1. The van der Waals surface area contributed by atoms with Crippen LogP contribution < -0.4 is 4.57 Å². The van der Waals surface area contributed by atoms with Gasteiger partial charge in [0.1, 0.15) is 18.6 Å². The van der Waals surface area contributed by atoms with Crippen molar-refractivity contribution in [2.75, 3.05) is 0 Å². The predicted octanol–water partition coefficient (Wildman–Crippen LogP) is 1.37. The average molecular weight is 269 g/mol. The quantitative estimate of drug-likeness (QED) is 0.613. The second-order valence-electron chi connectivity index (χ2n) is 4.45. The molecule has 0 aliphatic heterocycles. The van der Waals surface area contributed by atoms with Gasteiger partial charge in [0.25, 0.3) is 0 Å². The molecule has 0 saturated heterocycles. The fourth-order valence-electron chi connectivity index (χ4n) is 1.99. The van der Waals surface area contributed by atoms with Gasteiger partial charge in [-0.25, -0.2) is 9.55 Å². The summed E-state index contributed by atoms with van der Waals surface area (Å²) < 4.78 is 1.75. The highest BCUT2D eigenvalue weighted by atomic mass is 16.3. The van der Waals surface area contributed by atoms with E-state index < -0.39 is 0 Å². The Hall–Kier alpha value is -2.89. The molecule has 3 heterocycles. The maximum Gasteiger partial charge on any atom is 0.211 e. The minimum Gasteiger partial charge on any atom is -0.506 e. The van der Waals surface area contributed by atoms with Crippen molar-refractivity contribution in [1.82, 2.24) is 15.0 Å². The normalized spacial score (nSPS) is 10.7. The molecule has 3 aromatic rings. The predicted molar refractivity (Wildman–Crippen MR) is 71.8 cm³/mol. The van der Waals surface area contributed by atoms with Gasteiger partial charge in [-0.05, 0) is 6.07 Å². The molecule has 6 nitrogen and oxygen atoms in total. The van der Waals surface area contributed by atoms with Crippen LogP contribution in [0.4, 0.5) is 0 Å². The fourth-order valence-corrected chi connectivity index (χ4v) is 1.99. The van der Waals surface area contributed by atoms with Gasteiger partial charge >= 0.3 is 0 Å². The molecule has 3 aromatic heterocycles. The highest BCUT2D eigenvalue weighted by molar-refractivity contribution is 5.70. The Morgan fingerprint density at radius 1 is 1.10 bits per heavy atom. The maximum absolute atomic E-state index is 9.94. The van der Waals surface area contributed by atoms with Crippen molar-refractivity contribution in [2.45, 2.75) is 0 Å². The van der Waals surface area contributed by atoms with Gasteiger partial charge < -0.3 is 15.2 Å². The second-order valence-corrected chi connectivity index (χ2v) is 4.45. The zero-order valence-corrected chi connectivity index (χ0v) is 10.8. The molecule has 0 unspecified atom stereocenters. The number of nitrogens with zero attached hydrogens (tertiary/aromatic N) is 3. The molecule has 20 heavy (non-hydrogen) atoms. The van der Waals surface area contributed by atoms with E-state index in [1.165, 1.54) is 6.20 Å². The molecule has 0 atom stereocenters. The van der Waals surface area contributed by atoms with Crippen LogP contribution in [0.15, 0.2) is 43.1 Å². The minimum atomic E-state index is 0.0754. The Morgan fingerprint density at radius 2 is 1.95 bits per heavy atom. The molecule has 0 bridgehead atoms. The van der Waals surface area contributed by atoms with Crippen LogP contribution in [0.3, 0.4) is 0 Å². The lowest BCUT2D eigenvalue weighted by Gasteiger charge is -2.01. The number of nitrogens with one attached hydrogen (secondary N) is 1. The van der Waals surface area contributed by atoms with Gasteiger partial charge in [0.2, 0.25) is 6.20 Å². The first-order valence-corrected chi connectivity index (χ1v) is 6.02. The van der Waals surface area contributed by atoms with Crippen LogP contribution in [0.1, 0.15) is 0 Å². The van der Waals surface area contributed by atoms with Crippen molar-refractivity contribution in [3.05, 3.63) is 43.1 Å². The largest absolute Gasteiger partial charge is 0.506 e. The van der Waals surface area contributed by atoms with Gasteiger partial charge in [-0.2, -0.15) is 0 Å². The van der Waals surface area contributed by atoms with E-state index in [4.69, 9.17) is 0 Å². The van der Waals surface area contributed by atoms with Crippen molar-refractivity contribution in [1.29, 1.82) is 0 Å². The monoisotopic (exact) mass is 269 g/mol. The molecule has 6 heteroatoms. The highest BCUT2D eigenvalue weighted by Gasteiger charge is 2.13. The summed E-state index contributed by atoms with van der Waals surface area (Å²) in [7, 11) is 1.83. The van der Waals surface area contributed by atoms with Crippen molar-refractivity contribution in [3.63, 3.8) is 0 Å². The molecule has 100 valence electrons. The van der Waals surface area contributed by atoms with Gasteiger partial charge in [-0.1, -0.05) is 0 Å². The molecule has 0 aliphatic rings. The van der Waals surface area contributed by atoms with E-state index in [0.717, 1.165) is 0 Å². The van der Waals surface area contributed by atoms with Crippen LogP contribution in [0.2, 0.25) is 0 Å². The summed E-state index contributed by atoms with van der Waals surface area (Å²) in [5.74, 6) is 0.746. The lowest BCUT2D eigenvalue weighted by atomic mass is 10.2. The fraction of sp³-hybridized carbons (Fsp3) is 0.0714. The third-order valence-electron chi connectivity index (χ3n) is 3.00. The van der Waals surface area contributed by atoms with Crippen LogP contribution in [-0.4, -0.2) is 25.2 Å². The third kappa shape index (κ3) is 2.07. The van der Waals surface area contributed by atoms with Crippen LogP contribution >= 0.6 is 0 Å². The number of aromatic amines is 1. The summed E-state index contributed by atoms with van der Waals surface area (Å²) in [6, 6.07) is 3.46. The number of aromatic hydroxyl groups is 2. The lowest BCUT2D eigenvalue weighted by Crippen LogP contribution is -2.25. The summed E-state index contributed by atoms with van der Waals surface area (Å²) >= 11 is 0. The molecule has 0 fully saturated rings. The van der Waals surface area contributed by atoms with E-state index in [0.29, 0.717) is 22.6 Å². The molecule has 0 saturated carbocycles. The Kier molecular flexibility index (Phi) is 2.83. The number of aromatic nitrogens is 4. The zero-order valence-electron chi connectivity index (χ0n) is 10.8. The third-order valence-corrected chi connectivity index (χ3v) is 3.00. The summed E-state index contributed by atoms with van der Waals surface area (Å²) in [5.41, 5.74) is 1.87. The minimum absolute atomic E-state index is 0.0754. The van der Waals surface area contributed by atoms with Gasteiger partial charge in [0.15, 0.2) is 11.9 Å². The van der Waals surface area contributed by atoms with E-state index in [2.05, 4.69) is 15.0 Å². The molecule has 0 amide bonds. The number of aryl methyl sites for hydroxylation is 1. The molecule has 3 N–H and O–H groups in total. The smallest absolute Gasteiger partial charge is 0.211 e. The van der Waals surface area contributed by atoms with Crippen molar-refractivity contribution in [3.8, 4) is 34.1 Å². The Labute approximate surface area is 115 Å². The van der Waals surface area contributed by atoms with Gasteiger partial charge in [0, 0.05) is 17.8 Å². The number of pyridine rings is 2. The van der Waals surface area contributed by atoms with E-state index in [1.54, 1.807) is 35.3 Å². The number of H-pyrrole nitrogens is 1. The first-order valence-electron chi connectivity index (χ1n) is 6.02. The number of rotatable bonds is 2. The molecule has 0 radical (unpaired) electrons. The van der Waals surface area contributed by atoms with E-state index in [-0.39, 0.29) is 11.5 Å². The standard InChI is InChI=1S/C14H12N4O2/c1-18-5-3-10(13(20)8-18)14-16-6-11(17-14)9-2-4-15-7-12(9)19/h2-8H,1H3,(H2,17,19,20)/p+1. The molecular weight excluding hydrogens is 256 g/mol. The Bertz CT molecular complexity index is 767. The topological polar surface area (TPSA) is 85.9 Å². The van der Waals surface area contributed by atoms with Crippen molar-refractivity contribution in [2.24, 2.45) is 7.05 Å². The van der Waals surface area contributed by atoms with Crippen LogP contribution in [0.5, 0.6) is 11.5 Å². The first-order chi connectivity index (χ1) is 9.65. The summed E-state index contributed by atoms with van der Waals surface area (Å²) in [5, 5.41) is 19.7. The van der Waals surface area contributed by atoms with Gasteiger partial charge in [-0.15, -0.1) is 0 Å². The number of hydrogen-bond acceptors (Lipinski definition) is 4. The van der Waals surface area contributed by atoms with Gasteiger partial charge in [-0.3, -0.25) is 4.98 Å². The Balaban J connectivity index is 2.04. The van der Waals surface area contributed by atoms with Crippen LogP contribution in [0, 0.1) is 0 Å². The lowest BCUT2D eigenvalue weighted by molar-refractivity contribution is -0.671. The van der Waals surface area contributed by atoms with Crippen molar-refractivity contribution >= 4 is 0 Å². The number of imidazole rings is 1. The van der Waals surface area contributed by atoms with Gasteiger partial charge in [0.05, 0.1) is 23.7 Å². The molecule has 3 rings (SSSR count). The molecular formula is C14H13N4O2+. The van der Waals surface area contributed by atoms with E-state index in [9.17, 15) is 10.2 Å². The zero-order chi connectivity index (χ0) is 14.1. The molecule has 0 spiro atoms. The molecule has 0 aliphatic carbocycles. The van der Waals surface area contributed by atoms with Crippen molar-refractivity contribution < 1.29 is 14.8 Å². The van der Waals surface area contributed by atoms with Crippen LogP contribution in [-0.2, 0) is 7.05 Å². The second kappa shape index (κ2) is 4.65. The summed E-state index contributed by atoms with van der Waals surface area (Å²) in [4.78, 5) is 11.1. The van der Waals surface area contributed by atoms with E-state index in [1.807, 2.05) is 13.2 Å². The Morgan fingerprint density at radius 3 is 2.70 bits per heavy atom.